The molecule has 3 aromatic heterocycles. The summed E-state index contributed by atoms with van der Waals surface area (Å²) in [5.74, 6) is 0.0696. The first-order valence-corrected chi connectivity index (χ1v) is 12.2. The fraction of sp³-hybridized carbons (Fsp3) is 0.385. The summed E-state index contributed by atoms with van der Waals surface area (Å²) in [6.07, 6.45) is 4.16. The van der Waals surface area contributed by atoms with Crippen LogP contribution in [-0.2, 0) is 18.4 Å². The largest absolute Gasteiger partial charge is 0.324 e. The number of aromatic nitrogens is 5. The number of hydrogen-bond acceptors (Lipinski definition) is 6. The van der Waals surface area contributed by atoms with Crippen molar-refractivity contribution < 1.29 is 8.78 Å². The molecule has 0 spiro atoms. The molecule has 0 unspecified atom stereocenters. The summed E-state index contributed by atoms with van der Waals surface area (Å²) in [7, 11) is 0. The molecule has 8 nitrogen and oxygen atoms in total. The Bertz CT molecular complexity index is 1540. The highest BCUT2D eigenvalue weighted by Gasteiger charge is 2.32. The lowest BCUT2D eigenvalue weighted by atomic mass is 9.90. The third kappa shape index (κ3) is 3.85. The molecule has 6 rings (SSSR count). The van der Waals surface area contributed by atoms with Crippen LogP contribution in [0.15, 0.2) is 41.3 Å². The molecule has 10 heteroatoms. The minimum absolute atomic E-state index is 0.00172. The number of alkyl halides is 1. The minimum atomic E-state index is -1.11. The third-order valence-corrected chi connectivity index (χ3v) is 6.89. The zero-order chi connectivity index (χ0) is 25.0. The van der Waals surface area contributed by atoms with Gasteiger partial charge in [0.2, 0.25) is 5.95 Å². The molecule has 36 heavy (non-hydrogen) atoms. The lowest BCUT2D eigenvalue weighted by Crippen LogP contribution is -2.26. The topological polar surface area (TPSA) is 89.7 Å². The summed E-state index contributed by atoms with van der Waals surface area (Å²) in [5.41, 5.74) is 2.44. The van der Waals surface area contributed by atoms with Crippen LogP contribution in [0.25, 0.3) is 16.9 Å². The number of halogens is 2. The molecule has 1 aliphatic carbocycles. The zero-order valence-electron chi connectivity index (χ0n) is 20.2. The number of rotatable bonds is 6. The normalized spacial score (nSPS) is 15.8. The van der Waals surface area contributed by atoms with Crippen molar-refractivity contribution in [3.8, 4) is 5.82 Å². The molecule has 4 aromatic rings. The van der Waals surface area contributed by atoms with Crippen molar-refractivity contribution in [3.63, 3.8) is 0 Å². The van der Waals surface area contributed by atoms with Crippen molar-refractivity contribution in [2.75, 3.05) is 18.5 Å². The maximum absolute atomic E-state index is 14.6. The van der Waals surface area contributed by atoms with E-state index < -0.39 is 17.9 Å². The fourth-order valence-electron chi connectivity index (χ4n) is 4.70. The Kier molecular flexibility index (Phi) is 5.36. The number of fused-ring (bicyclic) bond motifs is 2. The quantitative estimate of drug-likeness (QED) is 0.422. The molecule has 4 heterocycles. The summed E-state index contributed by atoms with van der Waals surface area (Å²) in [6.45, 7) is 4.22. The Balaban J connectivity index is 1.47. The Morgan fingerprint density at radius 1 is 1.17 bits per heavy atom. The van der Waals surface area contributed by atoms with Gasteiger partial charge in [-0.05, 0) is 61.2 Å². The van der Waals surface area contributed by atoms with Crippen LogP contribution in [0.3, 0.4) is 0 Å². The van der Waals surface area contributed by atoms with Crippen LogP contribution in [0.2, 0.25) is 0 Å². The van der Waals surface area contributed by atoms with Gasteiger partial charge in [-0.3, -0.25) is 9.18 Å². The van der Waals surface area contributed by atoms with Crippen molar-refractivity contribution in [3.05, 3.63) is 69.5 Å². The lowest BCUT2D eigenvalue weighted by Gasteiger charge is -2.21. The Labute approximate surface area is 206 Å². The van der Waals surface area contributed by atoms with Crippen LogP contribution in [0.5, 0.6) is 0 Å². The van der Waals surface area contributed by atoms with Crippen molar-refractivity contribution in [1.29, 1.82) is 0 Å². The second-order valence-electron chi connectivity index (χ2n) is 10.2. The molecule has 186 valence electrons. The minimum Gasteiger partial charge on any atom is -0.324 e. The van der Waals surface area contributed by atoms with Gasteiger partial charge in [0.25, 0.3) is 5.56 Å². The molecular formula is C26H27F2N7O. The highest BCUT2D eigenvalue weighted by atomic mass is 19.1. The summed E-state index contributed by atoms with van der Waals surface area (Å²) < 4.78 is 31.6. The van der Waals surface area contributed by atoms with Crippen LogP contribution in [0, 0.1) is 5.82 Å². The molecule has 1 saturated carbocycles. The van der Waals surface area contributed by atoms with Crippen LogP contribution < -0.4 is 16.2 Å². The van der Waals surface area contributed by atoms with Gasteiger partial charge in [0.15, 0.2) is 11.5 Å². The Morgan fingerprint density at radius 3 is 2.78 bits per heavy atom. The molecule has 1 fully saturated rings. The van der Waals surface area contributed by atoms with E-state index in [1.807, 2.05) is 6.07 Å². The number of anilines is 2. The van der Waals surface area contributed by atoms with E-state index in [1.165, 1.54) is 29.5 Å². The predicted molar refractivity (Wildman–Crippen MR) is 133 cm³/mol. The van der Waals surface area contributed by atoms with E-state index in [0.717, 1.165) is 38.0 Å². The van der Waals surface area contributed by atoms with Gasteiger partial charge in [-0.2, -0.15) is 4.98 Å². The van der Waals surface area contributed by atoms with Crippen molar-refractivity contribution in [2.24, 2.45) is 0 Å². The second kappa shape index (κ2) is 8.48. The summed E-state index contributed by atoms with van der Waals surface area (Å²) in [5, 5.41) is 6.97. The van der Waals surface area contributed by atoms with Gasteiger partial charge in [-0.15, -0.1) is 0 Å². The van der Waals surface area contributed by atoms with Gasteiger partial charge < -0.3 is 10.6 Å². The van der Waals surface area contributed by atoms with Gasteiger partial charge in [0.1, 0.15) is 17.9 Å². The van der Waals surface area contributed by atoms with E-state index in [-0.39, 0.29) is 17.3 Å². The SMILES string of the molecule is CC(C)(CF)c1nc(-n2c3nc(Nc4ccc5c(c4)CCNC5)ncc3c(=O)n2C2CC2)ccc1F. The first-order valence-electron chi connectivity index (χ1n) is 12.2. The Hall–Kier alpha value is -3.66. The van der Waals surface area contributed by atoms with Crippen LogP contribution in [0.1, 0.15) is 49.6 Å². The summed E-state index contributed by atoms with van der Waals surface area (Å²) >= 11 is 0. The monoisotopic (exact) mass is 491 g/mol. The average Bonchev–Trinajstić information content (AvgIpc) is 3.68. The number of benzene rings is 1. The molecule has 0 bridgehead atoms. The molecule has 1 aliphatic heterocycles. The van der Waals surface area contributed by atoms with Gasteiger partial charge in [0.05, 0.1) is 11.7 Å². The van der Waals surface area contributed by atoms with E-state index >= 15 is 0 Å². The van der Waals surface area contributed by atoms with Gasteiger partial charge in [-0.25, -0.2) is 23.7 Å². The molecule has 0 saturated heterocycles. The van der Waals surface area contributed by atoms with Gasteiger partial charge >= 0.3 is 0 Å². The molecule has 0 atom stereocenters. The molecule has 1 aromatic carbocycles. The highest BCUT2D eigenvalue weighted by Crippen LogP contribution is 2.36. The second-order valence-corrected chi connectivity index (χ2v) is 10.2. The summed E-state index contributed by atoms with van der Waals surface area (Å²) in [6, 6.07) is 8.93. The van der Waals surface area contributed by atoms with Crippen LogP contribution in [-0.4, -0.2) is 37.5 Å². The average molecular weight is 492 g/mol. The fourth-order valence-corrected chi connectivity index (χ4v) is 4.70. The van der Waals surface area contributed by atoms with Crippen molar-refractivity contribution >= 4 is 22.7 Å². The van der Waals surface area contributed by atoms with E-state index in [4.69, 9.17) is 0 Å². The maximum Gasteiger partial charge on any atom is 0.278 e. The lowest BCUT2D eigenvalue weighted by molar-refractivity contribution is 0.332. The van der Waals surface area contributed by atoms with Gasteiger partial charge in [-0.1, -0.05) is 19.9 Å². The Morgan fingerprint density at radius 2 is 2.00 bits per heavy atom. The van der Waals surface area contributed by atoms with Crippen molar-refractivity contribution in [2.45, 2.75) is 51.1 Å². The highest BCUT2D eigenvalue weighted by molar-refractivity contribution is 5.77. The first-order chi connectivity index (χ1) is 17.4. The van der Waals surface area contributed by atoms with Gasteiger partial charge in [0, 0.05) is 23.8 Å². The number of pyridine rings is 1. The van der Waals surface area contributed by atoms with E-state index in [1.54, 1.807) is 23.2 Å². The molecule has 2 N–H and O–H groups in total. The maximum atomic E-state index is 14.6. The molecule has 0 amide bonds. The molecule has 2 aliphatic rings. The molecule has 0 radical (unpaired) electrons. The van der Waals surface area contributed by atoms with E-state index in [2.05, 4.69) is 37.7 Å². The number of nitrogens with one attached hydrogen (secondary N) is 2. The third-order valence-electron chi connectivity index (χ3n) is 6.89. The van der Waals surface area contributed by atoms with E-state index in [9.17, 15) is 13.6 Å². The molecular weight excluding hydrogens is 464 g/mol. The number of hydrogen-bond donors (Lipinski definition) is 2. The zero-order valence-corrected chi connectivity index (χ0v) is 20.2. The predicted octanol–water partition coefficient (Wildman–Crippen LogP) is 4.09. The smallest absolute Gasteiger partial charge is 0.278 e. The first kappa shape index (κ1) is 22.8. The standard InChI is InChI=1S/C26H27F2N7O/c1-26(2,14-27)22-20(28)7-8-21(32-22)35-23-19(24(36)34(35)18-5-6-18)13-30-25(33-23)31-17-4-3-16-12-29-10-9-15(16)11-17/h3-4,7-8,11,13,18,29H,5-6,9-10,12,14H2,1-2H3,(H,30,31,33). The van der Waals surface area contributed by atoms with Crippen LogP contribution in [0.4, 0.5) is 20.4 Å². The van der Waals surface area contributed by atoms with E-state index in [0.29, 0.717) is 22.8 Å². The number of nitrogens with zero attached hydrogens (tertiary/aromatic N) is 5. The van der Waals surface area contributed by atoms with Crippen molar-refractivity contribution in [1.82, 2.24) is 29.6 Å². The van der Waals surface area contributed by atoms with Crippen LogP contribution >= 0.6 is 0 Å². The summed E-state index contributed by atoms with van der Waals surface area (Å²) in [4.78, 5) is 26.9.